The van der Waals surface area contributed by atoms with Crippen LogP contribution in [0.3, 0.4) is 0 Å². The van der Waals surface area contributed by atoms with Crippen LogP contribution < -0.4 is 16.2 Å². The van der Waals surface area contributed by atoms with Crippen molar-refractivity contribution in [2.24, 2.45) is 5.16 Å². The van der Waals surface area contributed by atoms with Crippen molar-refractivity contribution in [3.05, 3.63) is 77.2 Å². The number of aromatic nitrogens is 2. The van der Waals surface area contributed by atoms with E-state index in [9.17, 15) is 4.39 Å². The third-order valence-electron chi connectivity index (χ3n) is 4.59. The van der Waals surface area contributed by atoms with Gasteiger partial charge < -0.3 is 21.0 Å². The highest BCUT2D eigenvalue weighted by Crippen LogP contribution is 2.31. The monoisotopic (exact) mass is 393 g/mol. The predicted octanol–water partition coefficient (Wildman–Crippen LogP) is 3.42. The quantitative estimate of drug-likeness (QED) is 0.664. The van der Waals surface area contributed by atoms with Gasteiger partial charge in [-0.3, -0.25) is 0 Å². The topological polar surface area (TPSA) is 109 Å². The molecule has 1 aliphatic heterocycles. The molecule has 2 aromatic heterocycles. The molecule has 29 heavy (non-hydrogen) atoms. The lowest BCUT2D eigenvalue weighted by molar-refractivity contribution is 0.0860. The molecule has 7 nitrogen and oxygen atoms in total. The zero-order valence-corrected chi connectivity index (χ0v) is 15.6. The van der Waals surface area contributed by atoms with Gasteiger partial charge in [-0.15, -0.1) is 0 Å². The molecule has 1 atom stereocenters. The van der Waals surface area contributed by atoms with E-state index in [1.165, 1.54) is 18.3 Å². The largest absolute Gasteiger partial charge is 0.471 e. The van der Waals surface area contributed by atoms with Gasteiger partial charge in [-0.1, -0.05) is 29.4 Å². The third-order valence-corrected chi connectivity index (χ3v) is 4.59. The van der Waals surface area contributed by atoms with Gasteiger partial charge in [-0.2, -0.15) is 0 Å². The second-order valence-electron chi connectivity index (χ2n) is 6.74. The van der Waals surface area contributed by atoms with Gasteiger partial charge in [0.25, 0.3) is 5.88 Å². The summed E-state index contributed by atoms with van der Waals surface area (Å²) in [4.78, 5) is 13.5. The van der Waals surface area contributed by atoms with Gasteiger partial charge in [0.15, 0.2) is 11.9 Å². The minimum absolute atomic E-state index is 0.00323. The third kappa shape index (κ3) is 4.43. The van der Waals surface area contributed by atoms with E-state index in [1.54, 1.807) is 6.07 Å². The van der Waals surface area contributed by atoms with Crippen molar-refractivity contribution in [3.8, 4) is 5.88 Å². The molecule has 148 valence electrons. The number of nitrogen functional groups attached to an aromatic ring is 2. The van der Waals surface area contributed by atoms with E-state index in [-0.39, 0.29) is 18.6 Å². The number of hydrogen-bond acceptors (Lipinski definition) is 7. The normalized spacial score (nSPS) is 15.6. The number of anilines is 2. The highest BCUT2D eigenvalue weighted by Gasteiger charge is 2.25. The van der Waals surface area contributed by atoms with Crippen LogP contribution in [0.1, 0.15) is 29.2 Å². The lowest BCUT2D eigenvalue weighted by Crippen LogP contribution is -2.07. The molecule has 0 amide bonds. The van der Waals surface area contributed by atoms with Crippen molar-refractivity contribution in [3.63, 3.8) is 0 Å². The van der Waals surface area contributed by atoms with Crippen LogP contribution in [0.15, 0.2) is 59.9 Å². The Balaban J connectivity index is 1.33. The molecule has 0 radical (unpaired) electrons. The summed E-state index contributed by atoms with van der Waals surface area (Å²) in [5.41, 5.74) is 15.3. The Kier molecular flexibility index (Phi) is 5.24. The van der Waals surface area contributed by atoms with Gasteiger partial charge in [0, 0.05) is 24.6 Å². The Morgan fingerprint density at radius 1 is 1.07 bits per heavy atom. The maximum absolute atomic E-state index is 13.6. The molecule has 1 unspecified atom stereocenters. The first-order valence-electron chi connectivity index (χ1n) is 9.13. The zero-order chi connectivity index (χ0) is 20.2. The van der Waals surface area contributed by atoms with Crippen molar-refractivity contribution in [1.29, 1.82) is 0 Å². The van der Waals surface area contributed by atoms with Gasteiger partial charge in [-0.25, -0.2) is 14.4 Å². The molecule has 0 bridgehead atoms. The van der Waals surface area contributed by atoms with Crippen molar-refractivity contribution >= 4 is 17.3 Å². The lowest BCUT2D eigenvalue weighted by Gasteiger charge is -2.11. The summed E-state index contributed by atoms with van der Waals surface area (Å²) >= 11 is 0. The van der Waals surface area contributed by atoms with Gasteiger partial charge in [-0.05, 0) is 35.4 Å². The van der Waals surface area contributed by atoms with Crippen LogP contribution in [-0.2, 0) is 17.9 Å². The fourth-order valence-electron chi connectivity index (χ4n) is 3.09. The summed E-state index contributed by atoms with van der Waals surface area (Å²) in [7, 11) is 0. The molecule has 4 rings (SSSR count). The molecular weight excluding hydrogens is 373 g/mol. The van der Waals surface area contributed by atoms with E-state index in [4.69, 9.17) is 21.0 Å². The summed E-state index contributed by atoms with van der Waals surface area (Å²) in [6, 6.07) is 14.2. The summed E-state index contributed by atoms with van der Waals surface area (Å²) < 4.78 is 19.0. The number of benzene rings is 1. The van der Waals surface area contributed by atoms with Gasteiger partial charge in [0.1, 0.15) is 18.2 Å². The van der Waals surface area contributed by atoms with E-state index < -0.39 is 5.82 Å². The molecular formula is C21H20FN5O2. The van der Waals surface area contributed by atoms with E-state index >= 15 is 0 Å². The number of hydrogen-bond donors (Lipinski definition) is 2. The van der Waals surface area contributed by atoms with Gasteiger partial charge in [0.2, 0.25) is 0 Å². The maximum atomic E-state index is 13.6. The second-order valence-corrected chi connectivity index (χ2v) is 6.74. The number of rotatable bonds is 6. The standard InChI is InChI=1S/C21H20FN5O2/c22-17-2-1-9-25-21(17)28-12-14-5-3-13(4-6-14)10-15-11-18(29-27-15)16-7-8-19(23)26-20(16)24/h1-9,18H,10-12H2,(H4,23,24,26). The van der Waals surface area contributed by atoms with E-state index in [2.05, 4.69) is 15.1 Å². The molecule has 4 N–H and O–H groups in total. The fraction of sp³-hybridized carbons (Fsp3) is 0.190. The predicted molar refractivity (Wildman–Crippen MR) is 108 cm³/mol. The molecule has 0 aliphatic carbocycles. The zero-order valence-electron chi connectivity index (χ0n) is 15.6. The first-order chi connectivity index (χ1) is 14.1. The van der Waals surface area contributed by atoms with Gasteiger partial charge >= 0.3 is 0 Å². The van der Waals surface area contributed by atoms with Crippen LogP contribution in [0, 0.1) is 5.82 Å². The van der Waals surface area contributed by atoms with E-state index in [0.717, 1.165) is 22.4 Å². The molecule has 3 heterocycles. The smallest absolute Gasteiger partial charge is 0.250 e. The number of nitrogens with zero attached hydrogens (tertiary/aromatic N) is 3. The van der Waals surface area contributed by atoms with Crippen molar-refractivity contribution in [1.82, 2.24) is 9.97 Å². The van der Waals surface area contributed by atoms with Crippen LogP contribution in [0.2, 0.25) is 0 Å². The minimum Gasteiger partial charge on any atom is -0.471 e. The van der Waals surface area contributed by atoms with Crippen molar-refractivity contribution < 1.29 is 14.0 Å². The molecule has 1 aliphatic rings. The maximum Gasteiger partial charge on any atom is 0.250 e. The van der Waals surface area contributed by atoms with Crippen LogP contribution in [-0.4, -0.2) is 15.7 Å². The van der Waals surface area contributed by atoms with Crippen LogP contribution >= 0.6 is 0 Å². The number of nitrogens with two attached hydrogens (primary N) is 2. The Morgan fingerprint density at radius 2 is 1.86 bits per heavy atom. The number of ether oxygens (including phenoxy) is 1. The van der Waals surface area contributed by atoms with Crippen molar-refractivity contribution in [2.75, 3.05) is 11.5 Å². The molecule has 0 spiro atoms. The summed E-state index contributed by atoms with van der Waals surface area (Å²) in [5, 5.41) is 4.19. The number of pyridine rings is 2. The van der Waals surface area contributed by atoms with E-state index in [0.29, 0.717) is 24.5 Å². The Hall–Kier alpha value is -3.68. The highest BCUT2D eigenvalue weighted by atomic mass is 19.1. The van der Waals surface area contributed by atoms with Crippen LogP contribution in [0.25, 0.3) is 0 Å². The van der Waals surface area contributed by atoms with Gasteiger partial charge in [0.05, 0.1) is 5.71 Å². The molecule has 0 saturated heterocycles. The fourth-order valence-corrected chi connectivity index (χ4v) is 3.09. The van der Waals surface area contributed by atoms with Crippen LogP contribution in [0.5, 0.6) is 5.88 Å². The molecule has 8 heteroatoms. The number of halogens is 1. The Labute approximate surface area is 167 Å². The molecule has 1 aromatic carbocycles. The Bertz CT molecular complexity index is 1040. The Morgan fingerprint density at radius 3 is 2.62 bits per heavy atom. The SMILES string of the molecule is Nc1ccc(C2CC(Cc3ccc(COc4ncccc4F)cc3)=NO2)c(N)n1. The summed E-state index contributed by atoms with van der Waals surface area (Å²) in [6.45, 7) is 0.240. The minimum atomic E-state index is -0.477. The first kappa shape index (κ1) is 18.7. The first-order valence-corrected chi connectivity index (χ1v) is 9.13. The lowest BCUT2D eigenvalue weighted by atomic mass is 10.00. The van der Waals surface area contributed by atoms with Crippen LogP contribution in [0.4, 0.5) is 16.0 Å². The molecule has 0 fully saturated rings. The van der Waals surface area contributed by atoms with Crippen molar-refractivity contribution in [2.45, 2.75) is 25.6 Å². The second kappa shape index (κ2) is 8.14. The van der Waals surface area contributed by atoms with E-state index in [1.807, 2.05) is 30.3 Å². The number of oxime groups is 1. The average Bonchev–Trinajstić information content (AvgIpc) is 3.16. The molecule has 0 saturated carbocycles. The highest BCUT2D eigenvalue weighted by molar-refractivity contribution is 5.87. The average molecular weight is 393 g/mol. The summed E-state index contributed by atoms with van der Waals surface area (Å²) in [6.07, 6.45) is 2.54. The summed E-state index contributed by atoms with van der Waals surface area (Å²) in [5.74, 6) is 0.256. The molecule has 3 aromatic rings.